The Labute approximate surface area is 133 Å². The van der Waals surface area contributed by atoms with Crippen molar-refractivity contribution < 1.29 is 9.15 Å². The SMILES string of the molecule is CCOCCN=C(NCCc1ccco1)NC1CCCCC1. The Bertz CT molecular complexity index is 412. The first kappa shape index (κ1) is 16.9. The van der Waals surface area contributed by atoms with Crippen molar-refractivity contribution in [1.29, 1.82) is 0 Å². The maximum Gasteiger partial charge on any atom is 0.191 e. The van der Waals surface area contributed by atoms with Crippen LogP contribution in [0.15, 0.2) is 27.8 Å². The molecule has 1 heterocycles. The van der Waals surface area contributed by atoms with Crippen LogP contribution in [0.1, 0.15) is 44.8 Å². The Kier molecular flexibility index (Phi) is 7.88. The van der Waals surface area contributed by atoms with Crippen LogP contribution in [-0.2, 0) is 11.2 Å². The van der Waals surface area contributed by atoms with Crippen molar-refractivity contribution in [2.24, 2.45) is 4.99 Å². The van der Waals surface area contributed by atoms with Crippen molar-refractivity contribution in [3.05, 3.63) is 24.2 Å². The number of hydrogen-bond acceptors (Lipinski definition) is 3. The van der Waals surface area contributed by atoms with Gasteiger partial charge in [0.25, 0.3) is 0 Å². The minimum absolute atomic E-state index is 0.552. The van der Waals surface area contributed by atoms with E-state index in [1.165, 1.54) is 32.1 Å². The van der Waals surface area contributed by atoms with Crippen LogP contribution in [0.4, 0.5) is 0 Å². The van der Waals surface area contributed by atoms with Gasteiger partial charge in [-0.25, -0.2) is 0 Å². The molecule has 0 aromatic carbocycles. The molecule has 0 radical (unpaired) electrons. The van der Waals surface area contributed by atoms with Crippen LogP contribution in [-0.4, -0.2) is 38.3 Å². The number of guanidine groups is 1. The van der Waals surface area contributed by atoms with Gasteiger partial charge in [-0.15, -0.1) is 0 Å². The van der Waals surface area contributed by atoms with Crippen molar-refractivity contribution in [2.75, 3.05) is 26.3 Å². The first-order valence-electron chi connectivity index (χ1n) is 8.53. The zero-order valence-electron chi connectivity index (χ0n) is 13.6. The van der Waals surface area contributed by atoms with E-state index in [4.69, 9.17) is 9.15 Å². The van der Waals surface area contributed by atoms with E-state index in [2.05, 4.69) is 15.6 Å². The fourth-order valence-corrected chi connectivity index (χ4v) is 2.72. The van der Waals surface area contributed by atoms with Crippen LogP contribution in [0.3, 0.4) is 0 Å². The van der Waals surface area contributed by atoms with Gasteiger partial charge >= 0.3 is 0 Å². The van der Waals surface area contributed by atoms with E-state index in [1.54, 1.807) is 6.26 Å². The molecule has 1 saturated carbocycles. The Morgan fingerprint density at radius 3 is 2.95 bits per heavy atom. The van der Waals surface area contributed by atoms with Gasteiger partial charge in [0.1, 0.15) is 5.76 Å². The number of nitrogens with zero attached hydrogens (tertiary/aromatic N) is 1. The van der Waals surface area contributed by atoms with Crippen LogP contribution in [0.5, 0.6) is 0 Å². The topological polar surface area (TPSA) is 58.8 Å². The summed E-state index contributed by atoms with van der Waals surface area (Å²) in [6, 6.07) is 4.48. The summed E-state index contributed by atoms with van der Waals surface area (Å²) < 4.78 is 10.7. The Balaban J connectivity index is 1.77. The molecule has 1 aliphatic rings. The molecule has 2 rings (SSSR count). The van der Waals surface area contributed by atoms with E-state index in [9.17, 15) is 0 Å². The highest BCUT2D eigenvalue weighted by Crippen LogP contribution is 2.17. The van der Waals surface area contributed by atoms with Crippen molar-refractivity contribution in [3.8, 4) is 0 Å². The fraction of sp³-hybridized carbons (Fsp3) is 0.706. The lowest BCUT2D eigenvalue weighted by Gasteiger charge is -2.25. The van der Waals surface area contributed by atoms with Gasteiger partial charge in [-0.3, -0.25) is 4.99 Å². The lowest BCUT2D eigenvalue weighted by molar-refractivity contribution is 0.155. The zero-order valence-corrected chi connectivity index (χ0v) is 13.6. The highest BCUT2D eigenvalue weighted by atomic mass is 16.5. The van der Waals surface area contributed by atoms with Crippen LogP contribution in [0.2, 0.25) is 0 Å². The number of hydrogen-bond donors (Lipinski definition) is 2. The summed E-state index contributed by atoms with van der Waals surface area (Å²) in [5.41, 5.74) is 0. The fourth-order valence-electron chi connectivity index (χ4n) is 2.72. The van der Waals surface area contributed by atoms with Crippen molar-refractivity contribution in [1.82, 2.24) is 10.6 Å². The van der Waals surface area contributed by atoms with Crippen LogP contribution >= 0.6 is 0 Å². The number of nitrogens with one attached hydrogen (secondary N) is 2. The summed E-state index contributed by atoms with van der Waals surface area (Å²) in [6.45, 7) is 4.93. The molecule has 1 aromatic heterocycles. The summed E-state index contributed by atoms with van der Waals surface area (Å²) in [4.78, 5) is 4.61. The molecular formula is C17H29N3O2. The second-order valence-corrected chi connectivity index (χ2v) is 5.66. The highest BCUT2D eigenvalue weighted by molar-refractivity contribution is 5.80. The van der Waals surface area contributed by atoms with Gasteiger partial charge in [-0.2, -0.15) is 0 Å². The van der Waals surface area contributed by atoms with Crippen LogP contribution in [0, 0.1) is 0 Å². The second kappa shape index (κ2) is 10.3. The van der Waals surface area contributed by atoms with E-state index in [0.717, 1.165) is 31.3 Å². The van der Waals surface area contributed by atoms with Crippen molar-refractivity contribution in [2.45, 2.75) is 51.5 Å². The predicted molar refractivity (Wildman–Crippen MR) is 89.2 cm³/mol. The molecule has 0 saturated heterocycles. The third-order valence-electron chi connectivity index (χ3n) is 3.90. The molecule has 5 nitrogen and oxygen atoms in total. The normalized spacial score (nSPS) is 16.7. The summed E-state index contributed by atoms with van der Waals surface area (Å²) in [6.07, 6.45) is 9.05. The Morgan fingerprint density at radius 2 is 2.23 bits per heavy atom. The van der Waals surface area contributed by atoms with E-state index in [1.807, 2.05) is 19.1 Å². The third-order valence-corrected chi connectivity index (χ3v) is 3.90. The summed E-state index contributed by atoms with van der Waals surface area (Å²) in [5, 5.41) is 6.97. The monoisotopic (exact) mass is 307 g/mol. The Hall–Kier alpha value is -1.49. The van der Waals surface area contributed by atoms with E-state index in [0.29, 0.717) is 19.2 Å². The minimum atomic E-state index is 0.552. The molecule has 0 spiro atoms. The van der Waals surface area contributed by atoms with Gasteiger partial charge in [0.2, 0.25) is 0 Å². The lowest BCUT2D eigenvalue weighted by Crippen LogP contribution is -2.45. The van der Waals surface area contributed by atoms with E-state index >= 15 is 0 Å². The van der Waals surface area contributed by atoms with Gasteiger partial charge in [-0.1, -0.05) is 19.3 Å². The highest BCUT2D eigenvalue weighted by Gasteiger charge is 2.14. The average Bonchev–Trinajstić information content (AvgIpc) is 3.05. The van der Waals surface area contributed by atoms with Crippen molar-refractivity contribution in [3.63, 3.8) is 0 Å². The predicted octanol–water partition coefficient (Wildman–Crippen LogP) is 2.73. The summed E-state index contributed by atoms with van der Waals surface area (Å²) in [5.74, 6) is 1.90. The number of ether oxygens (including phenoxy) is 1. The molecule has 0 unspecified atom stereocenters. The molecule has 5 heteroatoms. The van der Waals surface area contributed by atoms with Gasteiger partial charge in [-0.05, 0) is 31.9 Å². The van der Waals surface area contributed by atoms with Crippen molar-refractivity contribution >= 4 is 5.96 Å². The minimum Gasteiger partial charge on any atom is -0.469 e. The van der Waals surface area contributed by atoms with Crippen LogP contribution < -0.4 is 10.6 Å². The summed E-state index contributed by atoms with van der Waals surface area (Å²) >= 11 is 0. The molecular weight excluding hydrogens is 278 g/mol. The molecule has 22 heavy (non-hydrogen) atoms. The average molecular weight is 307 g/mol. The molecule has 0 aliphatic heterocycles. The van der Waals surface area contributed by atoms with E-state index < -0.39 is 0 Å². The lowest BCUT2D eigenvalue weighted by atomic mass is 9.96. The number of aliphatic imine (C=N–C) groups is 1. The maximum atomic E-state index is 5.36. The molecule has 0 amide bonds. The number of furan rings is 1. The third kappa shape index (κ3) is 6.52. The first-order valence-corrected chi connectivity index (χ1v) is 8.53. The molecule has 1 aliphatic carbocycles. The molecule has 1 fully saturated rings. The van der Waals surface area contributed by atoms with Crippen LogP contribution in [0.25, 0.3) is 0 Å². The second-order valence-electron chi connectivity index (χ2n) is 5.66. The van der Waals surface area contributed by atoms with E-state index in [-0.39, 0.29) is 0 Å². The number of rotatable bonds is 8. The van der Waals surface area contributed by atoms with Gasteiger partial charge in [0, 0.05) is 25.6 Å². The zero-order chi connectivity index (χ0) is 15.5. The maximum absolute atomic E-state index is 5.36. The van der Waals surface area contributed by atoms with Gasteiger partial charge in [0.05, 0.1) is 19.4 Å². The molecule has 124 valence electrons. The molecule has 2 N–H and O–H groups in total. The van der Waals surface area contributed by atoms with Gasteiger partial charge in [0.15, 0.2) is 5.96 Å². The first-order chi connectivity index (χ1) is 10.9. The largest absolute Gasteiger partial charge is 0.469 e. The standard InChI is InChI=1S/C17H29N3O2/c1-2-21-14-12-19-17(20-15-7-4-3-5-8-15)18-11-10-16-9-6-13-22-16/h6,9,13,15H,2-5,7-8,10-12,14H2,1H3,(H2,18,19,20). The summed E-state index contributed by atoms with van der Waals surface area (Å²) in [7, 11) is 0. The quantitative estimate of drug-likeness (QED) is 0.440. The molecule has 0 bridgehead atoms. The smallest absolute Gasteiger partial charge is 0.191 e. The molecule has 0 atom stereocenters. The van der Waals surface area contributed by atoms with Gasteiger partial charge < -0.3 is 19.8 Å². The Morgan fingerprint density at radius 1 is 1.36 bits per heavy atom. The molecule has 1 aromatic rings.